The lowest BCUT2D eigenvalue weighted by atomic mass is 9.97. The van der Waals surface area contributed by atoms with Gasteiger partial charge in [0, 0.05) is 35.0 Å². The monoisotopic (exact) mass is 393 g/mol. The summed E-state index contributed by atoms with van der Waals surface area (Å²) in [5, 5.41) is 13.3. The lowest BCUT2D eigenvalue weighted by molar-refractivity contribution is 0.0698. The summed E-state index contributed by atoms with van der Waals surface area (Å²) < 4.78 is 11.5. The molecule has 5 rings (SSSR count). The van der Waals surface area contributed by atoms with E-state index in [1.54, 1.807) is 11.3 Å². The summed E-state index contributed by atoms with van der Waals surface area (Å²) in [6.07, 6.45) is 1.86. The van der Waals surface area contributed by atoms with Gasteiger partial charge in [-0.25, -0.2) is 0 Å². The smallest absolute Gasteiger partial charge is 0.253 e. The summed E-state index contributed by atoms with van der Waals surface area (Å²) in [4.78, 5) is 14.9. The maximum absolute atomic E-state index is 13.0. The van der Waals surface area contributed by atoms with Gasteiger partial charge in [0.2, 0.25) is 11.8 Å². The summed E-state index contributed by atoms with van der Waals surface area (Å²) in [5.74, 6) is 2.09. The van der Waals surface area contributed by atoms with Crippen LogP contribution in [0.15, 0.2) is 49.9 Å². The minimum Gasteiger partial charge on any atom is -0.461 e. The van der Waals surface area contributed by atoms with Crippen molar-refractivity contribution in [2.75, 3.05) is 13.1 Å². The van der Waals surface area contributed by atoms with Gasteiger partial charge in [-0.05, 0) is 55.5 Å². The standard InChI is InChI=1S/C21H19N3O3S/c1-13-9-17-10-14(4-5-18(17)26-13)21(25)24-7-2-3-15(11-24)19-22-23-20(27-19)16-6-8-28-12-16/h4-6,8-10,12,15H,2-3,7,11H2,1H3/t15-/m0/s1. The number of fused-ring (bicyclic) bond motifs is 1. The van der Waals surface area contributed by atoms with E-state index in [0.29, 0.717) is 23.9 Å². The van der Waals surface area contributed by atoms with Crippen LogP contribution in [0.4, 0.5) is 0 Å². The van der Waals surface area contributed by atoms with E-state index >= 15 is 0 Å². The third-order valence-electron chi connectivity index (χ3n) is 5.15. The highest BCUT2D eigenvalue weighted by Gasteiger charge is 2.29. The molecule has 0 spiro atoms. The molecule has 1 amide bonds. The number of aromatic nitrogens is 2. The van der Waals surface area contributed by atoms with Gasteiger partial charge >= 0.3 is 0 Å². The number of carbonyl (C=O) groups excluding carboxylic acids is 1. The Labute approximate surface area is 165 Å². The number of amides is 1. The Morgan fingerprint density at radius 1 is 1.21 bits per heavy atom. The highest BCUT2D eigenvalue weighted by molar-refractivity contribution is 7.08. The second kappa shape index (κ2) is 6.91. The second-order valence-electron chi connectivity index (χ2n) is 7.16. The van der Waals surface area contributed by atoms with E-state index in [2.05, 4.69) is 10.2 Å². The highest BCUT2D eigenvalue weighted by atomic mass is 32.1. The molecule has 1 saturated heterocycles. The van der Waals surface area contributed by atoms with Gasteiger partial charge in [-0.15, -0.1) is 10.2 Å². The van der Waals surface area contributed by atoms with Crippen LogP contribution in [0.5, 0.6) is 0 Å². The number of benzene rings is 1. The Kier molecular flexibility index (Phi) is 4.24. The van der Waals surface area contributed by atoms with Crippen molar-refractivity contribution in [3.63, 3.8) is 0 Å². The van der Waals surface area contributed by atoms with Crippen molar-refractivity contribution in [3.05, 3.63) is 58.3 Å². The third kappa shape index (κ3) is 3.11. The fraction of sp³-hybridized carbons (Fsp3) is 0.286. The number of hydrogen-bond donors (Lipinski definition) is 0. The molecular formula is C21H19N3O3S. The number of rotatable bonds is 3. The fourth-order valence-electron chi connectivity index (χ4n) is 3.76. The molecule has 1 fully saturated rings. The Morgan fingerprint density at radius 2 is 2.14 bits per heavy atom. The number of likely N-dealkylation sites (tertiary alicyclic amines) is 1. The first-order chi connectivity index (χ1) is 13.7. The number of hydrogen-bond acceptors (Lipinski definition) is 6. The number of aryl methyl sites for hydroxylation is 1. The number of furan rings is 1. The first-order valence-corrected chi connectivity index (χ1v) is 10.3. The maximum Gasteiger partial charge on any atom is 0.253 e. The summed E-state index contributed by atoms with van der Waals surface area (Å²) in [6.45, 7) is 3.24. The van der Waals surface area contributed by atoms with Gasteiger partial charge < -0.3 is 13.7 Å². The average Bonchev–Trinajstić information content (AvgIpc) is 3.45. The minimum atomic E-state index is 0.0306. The van der Waals surface area contributed by atoms with Gasteiger partial charge in [0.05, 0.1) is 5.92 Å². The van der Waals surface area contributed by atoms with Crippen LogP contribution < -0.4 is 0 Å². The normalized spacial score (nSPS) is 17.3. The molecule has 1 aliphatic heterocycles. The van der Waals surface area contributed by atoms with Crippen molar-refractivity contribution in [1.29, 1.82) is 0 Å². The van der Waals surface area contributed by atoms with E-state index in [4.69, 9.17) is 8.83 Å². The van der Waals surface area contributed by atoms with Crippen molar-refractivity contribution >= 4 is 28.2 Å². The van der Waals surface area contributed by atoms with Crippen LogP contribution in [0.1, 0.15) is 40.8 Å². The minimum absolute atomic E-state index is 0.0306. The zero-order valence-electron chi connectivity index (χ0n) is 15.4. The van der Waals surface area contributed by atoms with Crippen molar-refractivity contribution < 1.29 is 13.6 Å². The SMILES string of the molecule is Cc1cc2cc(C(=O)N3CCC[C@H](c4nnc(-c5ccsc5)o4)C3)ccc2o1. The maximum atomic E-state index is 13.0. The van der Waals surface area contributed by atoms with Gasteiger partial charge in [-0.3, -0.25) is 4.79 Å². The molecule has 1 aromatic carbocycles. The lowest BCUT2D eigenvalue weighted by Gasteiger charge is -2.31. The molecule has 1 atom stereocenters. The summed E-state index contributed by atoms with van der Waals surface area (Å²) in [5.41, 5.74) is 2.42. The largest absolute Gasteiger partial charge is 0.461 e. The molecule has 0 N–H and O–H groups in total. The number of thiophene rings is 1. The first kappa shape index (κ1) is 17.2. The molecule has 0 aliphatic carbocycles. The highest BCUT2D eigenvalue weighted by Crippen LogP contribution is 2.30. The molecule has 0 unspecified atom stereocenters. The quantitative estimate of drug-likeness (QED) is 0.496. The van der Waals surface area contributed by atoms with Crippen LogP contribution in [0.25, 0.3) is 22.4 Å². The van der Waals surface area contributed by atoms with E-state index in [-0.39, 0.29) is 11.8 Å². The Balaban J connectivity index is 1.35. The van der Waals surface area contributed by atoms with Crippen LogP contribution in [0, 0.1) is 6.92 Å². The molecule has 0 bridgehead atoms. The predicted octanol–water partition coefficient (Wildman–Crippen LogP) is 4.87. The van der Waals surface area contributed by atoms with Crippen molar-refractivity contribution in [2.45, 2.75) is 25.7 Å². The molecule has 4 aromatic rings. The van der Waals surface area contributed by atoms with Crippen molar-refractivity contribution in [2.24, 2.45) is 0 Å². The molecular weight excluding hydrogens is 374 g/mol. The van der Waals surface area contributed by atoms with E-state index in [1.807, 2.05) is 52.9 Å². The molecule has 28 heavy (non-hydrogen) atoms. The molecule has 6 nitrogen and oxygen atoms in total. The van der Waals surface area contributed by atoms with Crippen molar-refractivity contribution in [3.8, 4) is 11.5 Å². The summed E-state index contributed by atoms with van der Waals surface area (Å²) >= 11 is 1.60. The second-order valence-corrected chi connectivity index (χ2v) is 7.94. The van der Waals surface area contributed by atoms with Gasteiger partial charge in [-0.1, -0.05) is 0 Å². The number of nitrogens with zero attached hydrogens (tertiary/aromatic N) is 3. The van der Waals surface area contributed by atoms with Crippen LogP contribution in [-0.4, -0.2) is 34.1 Å². The van der Waals surface area contributed by atoms with Crippen molar-refractivity contribution in [1.82, 2.24) is 15.1 Å². The Hall–Kier alpha value is -2.93. The fourth-order valence-corrected chi connectivity index (χ4v) is 4.39. The van der Waals surface area contributed by atoms with Gasteiger partial charge in [0.25, 0.3) is 5.91 Å². The van der Waals surface area contributed by atoms with E-state index in [1.165, 1.54) is 0 Å². The third-order valence-corrected chi connectivity index (χ3v) is 5.84. The van der Waals surface area contributed by atoms with Crippen LogP contribution in [0.2, 0.25) is 0 Å². The van der Waals surface area contributed by atoms with Crippen LogP contribution in [0.3, 0.4) is 0 Å². The summed E-state index contributed by atoms with van der Waals surface area (Å²) in [6, 6.07) is 9.52. The van der Waals surface area contributed by atoms with Gasteiger partial charge in [-0.2, -0.15) is 11.3 Å². The molecule has 1 aliphatic rings. The molecule has 4 heterocycles. The summed E-state index contributed by atoms with van der Waals surface area (Å²) in [7, 11) is 0. The van der Waals surface area contributed by atoms with E-state index in [0.717, 1.165) is 41.7 Å². The predicted molar refractivity (Wildman–Crippen MR) is 106 cm³/mol. The topological polar surface area (TPSA) is 72.4 Å². The molecule has 0 radical (unpaired) electrons. The van der Waals surface area contributed by atoms with E-state index < -0.39 is 0 Å². The Bertz CT molecular complexity index is 1130. The zero-order chi connectivity index (χ0) is 19.1. The Morgan fingerprint density at radius 3 is 3.00 bits per heavy atom. The average molecular weight is 393 g/mol. The van der Waals surface area contributed by atoms with Gasteiger partial charge in [0.15, 0.2) is 0 Å². The number of piperidine rings is 1. The van der Waals surface area contributed by atoms with Crippen LogP contribution >= 0.6 is 11.3 Å². The lowest BCUT2D eigenvalue weighted by Crippen LogP contribution is -2.39. The molecule has 142 valence electrons. The van der Waals surface area contributed by atoms with Gasteiger partial charge in [0.1, 0.15) is 11.3 Å². The first-order valence-electron chi connectivity index (χ1n) is 9.33. The zero-order valence-corrected chi connectivity index (χ0v) is 16.2. The molecule has 0 saturated carbocycles. The number of carbonyl (C=O) groups is 1. The molecule has 7 heteroatoms. The molecule has 3 aromatic heterocycles. The van der Waals surface area contributed by atoms with E-state index in [9.17, 15) is 4.79 Å². The van der Waals surface area contributed by atoms with Crippen LogP contribution in [-0.2, 0) is 0 Å².